The molecule has 0 unspecified atom stereocenters. The average Bonchev–Trinajstić information content (AvgIpc) is 2.70. The van der Waals surface area contributed by atoms with E-state index in [0.717, 1.165) is 12.5 Å². The summed E-state index contributed by atoms with van der Waals surface area (Å²) in [6.07, 6.45) is 34.1. The Morgan fingerprint density at radius 2 is 1.04 bits per heavy atom. The Kier molecular flexibility index (Phi) is 18.5. The molecule has 0 saturated heterocycles. The summed E-state index contributed by atoms with van der Waals surface area (Å²) in [6.45, 7) is 3.22. The van der Waals surface area contributed by atoms with Crippen LogP contribution in [0.5, 0.6) is 0 Å². The Balaban J connectivity index is 1.68. The third kappa shape index (κ3) is 17.4. The molecule has 1 fully saturated rings. The first kappa shape index (κ1) is 24.6. The minimum Gasteiger partial charge on any atom is -0.502 e. The predicted molar refractivity (Wildman–Crippen MR) is 121 cm³/mol. The van der Waals surface area contributed by atoms with Gasteiger partial charge in [-0.2, -0.15) is 0 Å². The van der Waals surface area contributed by atoms with Crippen LogP contribution >= 0.6 is 0 Å². The quantitative estimate of drug-likeness (QED) is 0.161. The van der Waals surface area contributed by atoms with E-state index in [1.807, 2.05) is 6.26 Å². The van der Waals surface area contributed by atoms with E-state index in [1.165, 1.54) is 135 Å². The van der Waals surface area contributed by atoms with E-state index in [4.69, 9.17) is 4.74 Å². The first-order valence-corrected chi connectivity index (χ1v) is 12.7. The third-order valence-electron chi connectivity index (χ3n) is 6.21. The molecule has 1 aliphatic carbocycles. The molecule has 1 aliphatic rings. The minimum absolute atomic E-state index is 0.796. The van der Waals surface area contributed by atoms with Crippen LogP contribution in [-0.2, 0) is 4.74 Å². The fourth-order valence-corrected chi connectivity index (χ4v) is 4.29. The fourth-order valence-electron chi connectivity index (χ4n) is 4.29. The van der Waals surface area contributed by atoms with Gasteiger partial charge in [-0.25, -0.2) is 0 Å². The van der Waals surface area contributed by atoms with Crippen LogP contribution in [0.25, 0.3) is 0 Å². The molecule has 0 radical (unpaired) electrons. The summed E-state index contributed by atoms with van der Waals surface area (Å²) < 4.78 is 5.67. The molecule has 27 heavy (non-hydrogen) atoms. The smallest absolute Gasteiger partial charge is 0.0873 e. The molecule has 0 bridgehead atoms. The van der Waals surface area contributed by atoms with E-state index in [2.05, 4.69) is 13.0 Å². The second-order valence-electron chi connectivity index (χ2n) is 8.90. The molecule has 0 atom stereocenters. The monoisotopic (exact) mass is 378 g/mol. The van der Waals surface area contributed by atoms with Crippen molar-refractivity contribution >= 4 is 0 Å². The highest BCUT2D eigenvalue weighted by molar-refractivity contribution is 4.85. The number of unbranched alkanes of at least 4 members (excludes halogenated alkanes) is 15. The van der Waals surface area contributed by atoms with Gasteiger partial charge in [0.2, 0.25) is 0 Å². The Bertz CT molecular complexity index is 303. The van der Waals surface area contributed by atoms with E-state index in [9.17, 15) is 0 Å². The summed E-state index contributed by atoms with van der Waals surface area (Å²) >= 11 is 0. The van der Waals surface area contributed by atoms with Gasteiger partial charge in [0.1, 0.15) is 0 Å². The molecule has 1 heteroatoms. The van der Waals surface area contributed by atoms with E-state index < -0.39 is 0 Å². The van der Waals surface area contributed by atoms with Gasteiger partial charge in [0.15, 0.2) is 0 Å². The molecule has 0 aromatic rings. The van der Waals surface area contributed by atoms with Crippen LogP contribution in [0.3, 0.4) is 0 Å². The molecule has 0 N–H and O–H groups in total. The van der Waals surface area contributed by atoms with E-state index in [0.29, 0.717) is 0 Å². The normalized spacial score (nSPS) is 15.6. The van der Waals surface area contributed by atoms with Gasteiger partial charge in [0.25, 0.3) is 0 Å². The van der Waals surface area contributed by atoms with Crippen molar-refractivity contribution < 1.29 is 4.74 Å². The molecule has 0 spiro atoms. The summed E-state index contributed by atoms with van der Waals surface area (Å²) in [5, 5.41) is 0. The van der Waals surface area contributed by atoms with Crippen LogP contribution in [0.4, 0.5) is 0 Å². The highest BCUT2D eigenvalue weighted by Crippen LogP contribution is 2.24. The van der Waals surface area contributed by atoms with E-state index >= 15 is 0 Å². The van der Waals surface area contributed by atoms with Crippen LogP contribution in [0.15, 0.2) is 12.3 Å². The number of rotatable bonds is 19. The van der Waals surface area contributed by atoms with Crippen molar-refractivity contribution in [3.8, 4) is 0 Å². The average molecular weight is 379 g/mol. The molecule has 0 aromatic heterocycles. The molecular formula is C26H50O. The van der Waals surface area contributed by atoms with Gasteiger partial charge in [-0.3, -0.25) is 0 Å². The highest BCUT2D eigenvalue weighted by Gasteiger charge is 2.09. The van der Waals surface area contributed by atoms with Crippen LogP contribution in [0, 0.1) is 5.92 Å². The molecule has 0 aromatic carbocycles. The maximum Gasteiger partial charge on any atom is 0.0873 e. The second kappa shape index (κ2) is 20.3. The van der Waals surface area contributed by atoms with Crippen LogP contribution in [0.1, 0.15) is 142 Å². The van der Waals surface area contributed by atoms with Crippen molar-refractivity contribution in [1.82, 2.24) is 0 Å². The molecule has 1 rings (SSSR count). The number of hydrogen-bond acceptors (Lipinski definition) is 1. The zero-order valence-electron chi connectivity index (χ0n) is 18.7. The number of hydrogen-bond donors (Lipinski definition) is 0. The molecule has 0 amide bonds. The predicted octanol–water partition coefficient (Wildman–Crippen LogP) is 9.36. The molecule has 1 nitrogen and oxygen atoms in total. The molecule has 160 valence electrons. The highest BCUT2D eigenvalue weighted by atomic mass is 16.5. The maximum atomic E-state index is 5.67. The largest absolute Gasteiger partial charge is 0.502 e. The van der Waals surface area contributed by atoms with E-state index in [1.54, 1.807) is 0 Å². The van der Waals surface area contributed by atoms with Crippen molar-refractivity contribution in [1.29, 1.82) is 0 Å². The van der Waals surface area contributed by atoms with Crippen molar-refractivity contribution in [2.75, 3.05) is 6.61 Å². The molecular weight excluding hydrogens is 328 g/mol. The Labute approximate surface area is 171 Å². The summed E-state index contributed by atoms with van der Waals surface area (Å²) in [4.78, 5) is 0. The zero-order valence-corrected chi connectivity index (χ0v) is 18.7. The SMILES string of the molecule is CCCCCCCCCCCCCCCCCCOC=CC1CCCCC1. The Morgan fingerprint density at radius 1 is 0.593 bits per heavy atom. The van der Waals surface area contributed by atoms with Gasteiger partial charge in [0, 0.05) is 0 Å². The molecule has 0 heterocycles. The summed E-state index contributed by atoms with van der Waals surface area (Å²) in [5.74, 6) is 0.796. The van der Waals surface area contributed by atoms with Crippen molar-refractivity contribution in [2.45, 2.75) is 142 Å². The zero-order chi connectivity index (χ0) is 19.3. The van der Waals surface area contributed by atoms with Crippen molar-refractivity contribution in [3.63, 3.8) is 0 Å². The maximum absolute atomic E-state index is 5.67. The lowest BCUT2D eigenvalue weighted by atomic mass is 9.89. The first-order chi connectivity index (χ1) is 13.4. The summed E-state index contributed by atoms with van der Waals surface area (Å²) in [7, 11) is 0. The Morgan fingerprint density at radius 3 is 1.52 bits per heavy atom. The number of allylic oxidation sites excluding steroid dienone is 1. The summed E-state index contributed by atoms with van der Waals surface area (Å²) in [6, 6.07) is 0. The fraction of sp³-hybridized carbons (Fsp3) is 0.923. The topological polar surface area (TPSA) is 9.23 Å². The minimum atomic E-state index is 0.796. The van der Waals surface area contributed by atoms with Gasteiger partial charge in [-0.1, -0.05) is 122 Å². The lowest BCUT2D eigenvalue weighted by Crippen LogP contribution is -2.02. The third-order valence-corrected chi connectivity index (χ3v) is 6.21. The van der Waals surface area contributed by atoms with Gasteiger partial charge in [0.05, 0.1) is 12.9 Å². The van der Waals surface area contributed by atoms with Gasteiger partial charge >= 0.3 is 0 Å². The summed E-state index contributed by atoms with van der Waals surface area (Å²) in [5.41, 5.74) is 0. The lowest BCUT2D eigenvalue weighted by molar-refractivity contribution is 0.236. The molecule has 0 aliphatic heterocycles. The van der Waals surface area contributed by atoms with Crippen LogP contribution in [-0.4, -0.2) is 6.61 Å². The first-order valence-electron chi connectivity index (χ1n) is 12.7. The lowest BCUT2D eigenvalue weighted by Gasteiger charge is -2.17. The van der Waals surface area contributed by atoms with Crippen molar-refractivity contribution in [2.24, 2.45) is 5.92 Å². The van der Waals surface area contributed by atoms with Gasteiger partial charge in [-0.15, -0.1) is 0 Å². The number of ether oxygens (including phenoxy) is 1. The van der Waals surface area contributed by atoms with E-state index in [-0.39, 0.29) is 0 Å². The Hall–Kier alpha value is -0.460. The van der Waals surface area contributed by atoms with Gasteiger partial charge in [-0.05, 0) is 31.3 Å². The second-order valence-corrected chi connectivity index (χ2v) is 8.90. The van der Waals surface area contributed by atoms with Crippen LogP contribution in [0.2, 0.25) is 0 Å². The van der Waals surface area contributed by atoms with Crippen LogP contribution < -0.4 is 0 Å². The molecule has 1 saturated carbocycles. The standard InChI is InChI=1S/C26H50O/c1-2-3-4-5-6-7-8-9-10-11-12-13-14-15-16-20-24-27-25-23-26-21-18-17-19-22-26/h23,25-26H,2-22,24H2,1H3. The van der Waals surface area contributed by atoms with Gasteiger partial charge < -0.3 is 4.74 Å². The van der Waals surface area contributed by atoms with Crippen molar-refractivity contribution in [3.05, 3.63) is 12.3 Å².